The quantitative estimate of drug-likeness (QED) is 0.227. The van der Waals surface area contributed by atoms with Crippen molar-refractivity contribution >= 4 is 75.3 Å². The highest BCUT2D eigenvalue weighted by atomic mass is 35.6. The van der Waals surface area contributed by atoms with Crippen LogP contribution >= 0.6 is 34.8 Å². The van der Waals surface area contributed by atoms with Crippen LogP contribution in [0.25, 0.3) is 16.8 Å². The maximum atomic E-state index is 13.4. The molecule has 2 heterocycles. The smallest absolute Gasteiger partial charge is 0.325 e. The molecule has 3 N–H and O–H groups in total. The van der Waals surface area contributed by atoms with Gasteiger partial charge in [-0.1, -0.05) is 79.8 Å². The van der Waals surface area contributed by atoms with E-state index in [9.17, 15) is 19.2 Å². The van der Waals surface area contributed by atoms with Crippen molar-refractivity contribution in [2.75, 3.05) is 13.2 Å². The molecule has 1 aromatic heterocycles. The van der Waals surface area contributed by atoms with Crippen molar-refractivity contribution in [1.29, 1.82) is 0 Å². The number of hydrazine groups is 1. The number of aryl methyl sites for hydroxylation is 1. The van der Waals surface area contributed by atoms with Crippen molar-refractivity contribution in [3.05, 3.63) is 47.8 Å². The monoisotopic (exact) mass is 681 g/mol. The topological polar surface area (TPSA) is 130 Å². The molecule has 1 aliphatic heterocycles. The van der Waals surface area contributed by atoms with Crippen molar-refractivity contribution < 1.29 is 23.9 Å². The van der Waals surface area contributed by atoms with Crippen molar-refractivity contribution in [1.82, 2.24) is 26.1 Å². The summed E-state index contributed by atoms with van der Waals surface area (Å²) in [6, 6.07) is 5.59. The molecule has 1 aromatic carbocycles. The Hall–Kier alpha value is -2.92. The van der Waals surface area contributed by atoms with Gasteiger partial charge in [-0.15, -0.1) is 0 Å². The molecule has 2 aromatic rings. The molecule has 13 heteroatoms. The van der Waals surface area contributed by atoms with Crippen LogP contribution in [0.15, 0.2) is 36.5 Å². The number of halogens is 3. The summed E-state index contributed by atoms with van der Waals surface area (Å²) in [5, 5.41) is 8.94. The summed E-state index contributed by atoms with van der Waals surface area (Å²) in [5.41, 5.74) is 3.82. The van der Waals surface area contributed by atoms with Crippen LogP contribution in [-0.2, 0) is 30.3 Å². The predicted octanol–water partition coefficient (Wildman–Crippen LogP) is 4.89. The number of nitrogens with zero attached hydrogens (tertiary/aromatic N) is 2. The zero-order valence-electron chi connectivity index (χ0n) is 26.5. The van der Waals surface area contributed by atoms with E-state index in [0.29, 0.717) is 25.1 Å². The van der Waals surface area contributed by atoms with Gasteiger partial charge in [-0.3, -0.25) is 29.2 Å². The summed E-state index contributed by atoms with van der Waals surface area (Å²) in [6.45, 7) is 10.7. The number of aromatic nitrogens is 1. The number of benzene rings is 1. The Morgan fingerprint density at radius 1 is 1.11 bits per heavy atom. The number of carbonyl (C=O) groups is 4. The lowest BCUT2D eigenvalue weighted by molar-refractivity contribution is -0.152. The largest absolute Gasteiger partial charge is 0.460 e. The van der Waals surface area contributed by atoms with Crippen LogP contribution in [0.3, 0.4) is 0 Å². The molecule has 3 rings (SSSR count). The second-order valence-corrected chi connectivity index (χ2v) is 14.7. The minimum atomic E-state index is -1.75. The minimum absolute atomic E-state index is 0.267. The molecule has 0 spiro atoms. The Morgan fingerprint density at radius 2 is 1.82 bits per heavy atom. The van der Waals surface area contributed by atoms with Gasteiger partial charge in [0.2, 0.25) is 15.6 Å². The summed E-state index contributed by atoms with van der Waals surface area (Å²) < 4.78 is 3.29. The van der Waals surface area contributed by atoms with Gasteiger partial charge < -0.3 is 15.4 Å². The van der Waals surface area contributed by atoms with Crippen molar-refractivity contribution in [2.24, 2.45) is 11.3 Å². The molecule has 1 aliphatic rings. The third-order valence-corrected chi connectivity index (χ3v) is 7.88. The average Bonchev–Trinajstić information content (AvgIpc) is 2.99. The number of hydrogen-bond acceptors (Lipinski definition) is 7. The van der Waals surface area contributed by atoms with Crippen LogP contribution in [0.4, 0.5) is 0 Å². The number of amides is 3. The lowest BCUT2D eigenvalue weighted by atomic mass is 9.90. The van der Waals surface area contributed by atoms with Gasteiger partial charge in [0, 0.05) is 18.1 Å². The number of fused-ring (bicyclic) bond motifs is 1. The Morgan fingerprint density at radius 3 is 2.47 bits per heavy atom. The van der Waals surface area contributed by atoms with Gasteiger partial charge in [-0.2, -0.15) is 0 Å². The van der Waals surface area contributed by atoms with E-state index in [1.54, 1.807) is 39.1 Å². The summed E-state index contributed by atoms with van der Waals surface area (Å²) >= 11 is 17.0. The molecule has 10 nitrogen and oxygen atoms in total. The molecule has 0 aliphatic carbocycles. The van der Waals surface area contributed by atoms with E-state index in [0.717, 1.165) is 17.2 Å². The van der Waals surface area contributed by atoms with Crippen LogP contribution in [0.5, 0.6) is 0 Å². The van der Waals surface area contributed by atoms with Crippen LogP contribution in [-0.4, -0.2) is 68.8 Å². The van der Waals surface area contributed by atoms with E-state index in [4.69, 9.17) is 39.5 Å². The molecule has 45 heavy (non-hydrogen) atoms. The highest BCUT2D eigenvalue weighted by molar-refractivity contribution is 6.67. The maximum absolute atomic E-state index is 13.4. The second kappa shape index (κ2) is 15.6. The zero-order chi connectivity index (χ0) is 33.5. The molecular formula is C32H42Cl3N5O5. The lowest BCUT2D eigenvalue weighted by Gasteiger charge is -2.35. The van der Waals surface area contributed by atoms with Crippen LogP contribution in [0.1, 0.15) is 65.6 Å². The highest BCUT2D eigenvalue weighted by Crippen LogP contribution is 2.26. The number of carbonyl (C=O) groups excluding carboxylic acids is 4. The molecular weight excluding hydrogens is 641 g/mol. The maximum Gasteiger partial charge on any atom is 0.325 e. The first kappa shape index (κ1) is 36.5. The Balaban J connectivity index is 1.61. The van der Waals surface area contributed by atoms with Gasteiger partial charge in [-0.25, -0.2) is 5.43 Å². The summed E-state index contributed by atoms with van der Waals surface area (Å²) in [6.07, 6.45) is 7.25. The molecule has 3 unspecified atom stereocenters. The second-order valence-electron chi connectivity index (χ2n) is 12.2. The summed E-state index contributed by atoms with van der Waals surface area (Å²) in [5.74, 6) is -2.23. The molecule has 0 bridgehead atoms. The molecule has 246 valence electrons. The normalized spacial score (nSPS) is 17.3. The molecule has 3 atom stereocenters. The van der Waals surface area contributed by atoms with Gasteiger partial charge >= 0.3 is 5.97 Å². The number of nitrogens with one attached hydrogen (secondary N) is 3. The SMILES string of the molecule is CCc1ccc2cnc(/C=C/C(C)(C)C(=O)NC(C(=O)NC(C)C(=O)N3CCCC(C(=O)OCC(Cl)(Cl)Cl)N3)C(C)C)cc2c1. The van der Waals surface area contributed by atoms with Crippen molar-refractivity contribution in [3.8, 4) is 0 Å². The highest BCUT2D eigenvalue weighted by Gasteiger charge is 2.35. The van der Waals surface area contributed by atoms with E-state index in [2.05, 4.69) is 40.1 Å². The van der Waals surface area contributed by atoms with E-state index in [-0.39, 0.29) is 11.8 Å². The number of esters is 1. The fourth-order valence-electron chi connectivity index (χ4n) is 4.72. The van der Waals surface area contributed by atoms with Gasteiger partial charge in [0.15, 0.2) is 0 Å². The third-order valence-electron chi connectivity index (χ3n) is 7.55. The van der Waals surface area contributed by atoms with Crippen LogP contribution in [0, 0.1) is 11.3 Å². The number of alkyl halides is 3. The first-order chi connectivity index (χ1) is 21.0. The fourth-order valence-corrected chi connectivity index (χ4v) is 4.88. The summed E-state index contributed by atoms with van der Waals surface area (Å²) in [4.78, 5) is 56.7. The van der Waals surface area contributed by atoms with E-state index < -0.39 is 51.7 Å². The predicted molar refractivity (Wildman–Crippen MR) is 177 cm³/mol. The summed E-state index contributed by atoms with van der Waals surface area (Å²) in [7, 11) is 0. The minimum Gasteiger partial charge on any atom is -0.460 e. The first-order valence-corrected chi connectivity index (χ1v) is 16.1. The Bertz CT molecular complexity index is 1430. The molecule has 1 fully saturated rings. The fraction of sp³-hybridized carbons (Fsp3) is 0.531. The number of ether oxygens (including phenoxy) is 1. The van der Waals surface area contributed by atoms with Gasteiger partial charge in [0.25, 0.3) is 5.91 Å². The zero-order valence-corrected chi connectivity index (χ0v) is 28.7. The molecule has 0 saturated carbocycles. The van der Waals surface area contributed by atoms with Crippen LogP contribution in [0.2, 0.25) is 0 Å². The average molecular weight is 683 g/mol. The third kappa shape index (κ3) is 10.6. The standard InChI is InChI=1S/C32H42Cl3N5O5/c1-7-21-10-11-22-17-36-24(16-23(22)15-21)12-13-31(5,6)30(44)38-26(19(2)3)27(41)37-20(4)28(42)40-14-8-9-25(39-40)29(43)45-18-32(33,34)35/h10-13,15-17,19-20,25-26,39H,7-9,14,18H2,1-6H3,(H,37,41)(H,38,44)/b13-12+. The van der Waals surface area contributed by atoms with Crippen molar-refractivity contribution in [2.45, 2.75) is 82.7 Å². The Labute approximate surface area is 279 Å². The van der Waals surface area contributed by atoms with E-state index >= 15 is 0 Å². The van der Waals surface area contributed by atoms with Gasteiger partial charge in [-0.05, 0) is 69.0 Å². The number of rotatable bonds is 11. The first-order valence-electron chi connectivity index (χ1n) is 15.0. The van der Waals surface area contributed by atoms with Crippen molar-refractivity contribution in [3.63, 3.8) is 0 Å². The molecule has 0 radical (unpaired) electrons. The van der Waals surface area contributed by atoms with Gasteiger partial charge in [0.05, 0.1) is 11.1 Å². The van der Waals surface area contributed by atoms with Crippen LogP contribution < -0.4 is 16.1 Å². The van der Waals surface area contributed by atoms with E-state index in [1.807, 2.05) is 26.0 Å². The lowest BCUT2D eigenvalue weighted by Crippen LogP contribution is -2.61. The number of hydrogen-bond donors (Lipinski definition) is 3. The van der Waals surface area contributed by atoms with Gasteiger partial charge in [0.1, 0.15) is 24.7 Å². The Kier molecular flexibility index (Phi) is 12.7. The van der Waals surface area contributed by atoms with E-state index in [1.165, 1.54) is 10.6 Å². The number of pyridine rings is 1. The molecule has 3 amide bonds. The molecule has 1 saturated heterocycles.